The first-order chi connectivity index (χ1) is 21.5. The predicted molar refractivity (Wildman–Crippen MR) is 191 cm³/mol. The first kappa shape index (κ1) is 46.8. The molecule has 0 radical (unpaired) electrons. The van der Waals surface area contributed by atoms with Gasteiger partial charge in [-0.2, -0.15) is 13.2 Å². The van der Waals surface area contributed by atoms with Crippen LogP contribution in [-0.4, -0.2) is 51.1 Å². The molecule has 274 valence electrons. The molecule has 0 rings (SSSR count). The number of nitrogens with zero attached hydrogens (tertiary/aromatic N) is 1. The van der Waals surface area contributed by atoms with E-state index in [1.165, 1.54) is 185 Å². The second kappa shape index (κ2) is 32.2. The highest BCUT2D eigenvalue weighted by Gasteiger charge is 2.33. The van der Waals surface area contributed by atoms with E-state index in [2.05, 4.69) is 27.7 Å². The van der Waals surface area contributed by atoms with Crippen molar-refractivity contribution in [3.05, 3.63) is 0 Å². The van der Waals surface area contributed by atoms with Crippen molar-refractivity contribution < 1.29 is 26.1 Å². The van der Waals surface area contributed by atoms with Crippen LogP contribution in [0.1, 0.15) is 202 Å². The standard InChI is InChI=1S/C32H68N.C5H10F3NO2S/c1-5-9-13-17-21-25-29-33(30-26-22-18-14-10-6-2,31-27-23-19-15-11-7-3)32-28-24-20-16-12-8-4;1-2-3-4-12(10,11)9-5(6,7)8/h5-32H2,1-4H3;9H,2-4H2,1H3/q+1;. The molecular weight excluding hydrogens is 593 g/mol. The summed E-state index contributed by atoms with van der Waals surface area (Å²) < 4.78 is 57.7. The van der Waals surface area contributed by atoms with Crippen LogP contribution >= 0.6 is 0 Å². The Morgan fingerprint density at radius 2 is 0.667 bits per heavy atom. The van der Waals surface area contributed by atoms with Crippen molar-refractivity contribution in [1.82, 2.24) is 4.72 Å². The predicted octanol–water partition coefficient (Wildman–Crippen LogP) is 12.5. The van der Waals surface area contributed by atoms with Gasteiger partial charge in [-0.3, -0.25) is 0 Å². The molecule has 0 aliphatic carbocycles. The molecule has 0 aromatic carbocycles. The van der Waals surface area contributed by atoms with Crippen molar-refractivity contribution in [1.29, 1.82) is 0 Å². The van der Waals surface area contributed by atoms with Gasteiger partial charge in [0.05, 0.1) is 31.9 Å². The number of alkyl halides is 3. The summed E-state index contributed by atoms with van der Waals surface area (Å²) in [7, 11) is -4.18. The Morgan fingerprint density at radius 3 is 0.911 bits per heavy atom. The average molecular weight is 672 g/mol. The van der Waals surface area contributed by atoms with Crippen LogP contribution in [0.3, 0.4) is 0 Å². The van der Waals surface area contributed by atoms with Crippen molar-refractivity contribution in [2.24, 2.45) is 0 Å². The summed E-state index contributed by atoms with van der Waals surface area (Å²) >= 11 is 0. The van der Waals surface area contributed by atoms with E-state index in [0.29, 0.717) is 11.1 Å². The van der Waals surface area contributed by atoms with Crippen LogP contribution in [0, 0.1) is 0 Å². The number of rotatable bonds is 32. The zero-order valence-corrected chi connectivity index (χ0v) is 31.5. The molecule has 0 aliphatic heterocycles. The van der Waals surface area contributed by atoms with E-state index in [-0.39, 0.29) is 6.42 Å². The number of unbranched alkanes of at least 4 members (excludes halogenated alkanes) is 21. The average Bonchev–Trinajstić information content (AvgIpc) is 2.98. The lowest BCUT2D eigenvalue weighted by molar-refractivity contribution is -0.929. The molecule has 0 amide bonds. The van der Waals surface area contributed by atoms with Crippen molar-refractivity contribution in [3.63, 3.8) is 0 Å². The second-order valence-electron chi connectivity index (χ2n) is 13.6. The SMILES string of the molecule is CCCCCCCC[N+](CCCCCCCC)(CCCCCCCC)CCCCCCCC.CCCCS(=O)(=O)NC(F)(F)F. The lowest BCUT2D eigenvalue weighted by atomic mass is 10.0. The third-order valence-electron chi connectivity index (χ3n) is 8.98. The van der Waals surface area contributed by atoms with Crippen LogP contribution in [0.4, 0.5) is 13.2 Å². The van der Waals surface area contributed by atoms with Gasteiger partial charge in [0.25, 0.3) is 0 Å². The van der Waals surface area contributed by atoms with Crippen molar-refractivity contribution in [3.8, 4) is 0 Å². The molecule has 4 nitrogen and oxygen atoms in total. The van der Waals surface area contributed by atoms with Crippen molar-refractivity contribution in [2.75, 3.05) is 31.9 Å². The maximum atomic E-state index is 11.5. The summed E-state index contributed by atoms with van der Waals surface area (Å²) in [5.74, 6) is -0.483. The van der Waals surface area contributed by atoms with Crippen LogP contribution in [-0.2, 0) is 10.0 Å². The fraction of sp³-hybridized carbons (Fsp3) is 1.00. The van der Waals surface area contributed by atoms with E-state index in [1.54, 1.807) is 6.92 Å². The summed E-state index contributed by atoms with van der Waals surface area (Å²) in [5.41, 5.74) is 0. The maximum Gasteiger partial charge on any atom is 0.470 e. The second-order valence-corrected chi connectivity index (χ2v) is 15.4. The van der Waals surface area contributed by atoms with E-state index in [0.717, 1.165) is 0 Å². The van der Waals surface area contributed by atoms with E-state index in [9.17, 15) is 21.6 Å². The molecule has 45 heavy (non-hydrogen) atoms. The molecule has 0 aromatic rings. The van der Waals surface area contributed by atoms with Gasteiger partial charge in [-0.15, -0.1) is 4.72 Å². The van der Waals surface area contributed by atoms with Crippen molar-refractivity contribution >= 4 is 10.0 Å². The molecule has 0 spiro atoms. The zero-order chi connectivity index (χ0) is 34.1. The molecule has 0 saturated carbocycles. The monoisotopic (exact) mass is 672 g/mol. The molecule has 0 aromatic heterocycles. The summed E-state index contributed by atoms with van der Waals surface area (Å²) in [6, 6.07) is 0. The van der Waals surface area contributed by atoms with E-state index in [1.807, 2.05) is 0 Å². The Kier molecular flexibility index (Phi) is 33.5. The van der Waals surface area contributed by atoms with Crippen molar-refractivity contribution in [2.45, 2.75) is 208 Å². The van der Waals surface area contributed by atoms with Gasteiger partial charge in [0.1, 0.15) is 0 Å². The largest absolute Gasteiger partial charge is 0.470 e. The minimum absolute atomic E-state index is 0.228. The number of sulfonamides is 1. The molecular formula is C37H78F3N2O2S+. The quantitative estimate of drug-likeness (QED) is 0.0439. The van der Waals surface area contributed by atoms with Gasteiger partial charge in [0.2, 0.25) is 10.0 Å². The van der Waals surface area contributed by atoms with Crippen LogP contribution in [0.2, 0.25) is 0 Å². The van der Waals surface area contributed by atoms with Gasteiger partial charge >= 0.3 is 6.30 Å². The Balaban J connectivity index is 0. The minimum atomic E-state index is -4.85. The van der Waals surface area contributed by atoms with Gasteiger partial charge in [0.15, 0.2) is 0 Å². The summed E-state index contributed by atoms with van der Waals surface area (Å²) in [4.78, 5) is 0. The molecule has 0 unspecified atom stereocenters. The zero-order valence-electron chi connectivity index (χ0n) is 30.7. The summed E-state index contributed by atoms with van der Waals surface area (Å²) in [6.45, 7) is 17.0. The molecule has 0 aliphatic rings. The summed E-state index contributed by atoms with van der Waals surface area (Å²) in [5, 5.41) is 0. The van der Waals surface area contributed by atoms with Gasteiger partial charge in [-0.1, -0.05) is 144 Å². The van der Waals surface area contributed by atoms with Crippen LogP contribution in [0.5, 0.6) is 0 Å². The van der Waals surface area contributed by atoms with E-state index in [4.69, 9.17) is 0 Å². The fourth-order valence-electron chi connectivity index (χ4n) is 6.14. The normalized spacial score (nSPS) is 12.4. The topological polar surface area (TPSA) is 46.2 Å². The third-order valence-corrected chi connectivity index (χ3v) is 10.4. The number of quaternary nitrogens is 1. The highest BCUT2D eigenvalue weighted by Crippen LogP contribution is 2.21. The molecule has 0 fully saturated rings. The molecule has 8 heteroatoms. The van der Waals surface area contributed by atoms with E-state index >= 15 is 0 Å². The smallest absolute Gasteiger partial charge is 0.324 e. The molecule has 0 bridgehead atoms. The van der Waals surface area contributed by atoms with Gasteiger partial charge in [0, 0.05) is 0 Å². The highest BCUT2D eigenvalue weighted by molar-refractivity contribution is 7.89. The Hall–Kier alpha value is -0.340. The van der Waals surface area contributed by atoms with E-state index < -0.39 is 22.1 Å². The van der Waals surface area contributed by atoms with Crippen LogP contribution in [0.25, 0.3) is 0 Å². The Bertz CT molecular complexity index is 633. The first-order valence-electron chi connectivity index (χ1n) is 19.4. The minimum Gasteiger partial charge on any atom is -0.324 e. The number of hydrogen-bond donors (Lipinski definition) is 1. The number of halogens is 3. The third kappa shape index (κ3) is 34.8. The van der Waals surface area contributed by atoms with Gasteiger partial charge in [-0.25, -0.2) is 8.42 Å². The van der Waals surface area contributed by atoms with Crippen LogP contribution < -0.4 is 4.72 Å². The first-order valence-corrected chi connectivity index (χ1v) is 21.1. The lowest BCUT2D eigenvalue weighted by Crippen LogP contribution is -2.50. The molecule has 0 heterocycles. The fourth-order valence-corrected chi connectivity index (χ4v) is 7.27. The molecule has 0 atom stereocenters. The number of nitrogens with one attached hydrogen (secondary N) is 1. The highest BCUT2D eigenvalue weighted by atomic mass is 32.2. The molecule has 1 N–H and O–H groups in total. The Morgan fingerprint density at radius 1 is 0.422 bits per heavy atom. The lowest BCUT2D eigenvalue weighted by Gasteiger charge is -2.40. The summed E-state index contributed by atoms with van der Waals surface area (Å²) in [6.07, 6.45) is 30.7. The van der Waals surface area contributed by atoms with Gasteiger partial charge < -0.3 is 4.48 Å². The molecule has 0 saturated heterocycles. The van der Waals surface area contributed by atoms with Gasteiger partial charge in [-0.05, 0) is 57.8 Å². The number of hydrogen-bond acceptors (Lipinski definition) is 2. The van der Waals surface area contributed by atoms with Crippen LogP contribution in [0.15, 0.2) is 0 Å². The Labute approximate surface area is 280 Å². The maximum absolute atomic E-state index is 11.5.